The molecule has 2 aromatic rings. The summed E-state index contributed by atoms with van der Waals surface area (Å²) in [6, 6.07) is 11.8. The Morgan fingerprint density at radius 2 is 1.55 bits per heavy atom. The molecule has 22 heavy (non-hydrogen) atoms. The van der Waals surface area contributed by atoms with Crippen molar-refractivity contribution < 1.29 is 14.2 Å². The van der Waals surface area contributed by atoms with Gasteiger partial charge in [0.1, 0.15) is 19.0 Å². The maximum absolute atomic E-state index is 5.75. The van der Waals surface area contributed by atoms with Crippen LogP contribution in [0.2, 0.25) is 0 Å². The summed E-state index contributed by atoms with van der Waals surface area (Å²) in [5.41, 5.74) is 8.98. The molecular weight excluding hydrogens is 278 g/mol. The van der Waals surface area contributed by atoms with Gasteiger partial charge in [-0.15, -0.1) is 0 Å². The fraction of sp³-hybridized carbons (Fsp3) is 0.333. The van der Waals surface area contributed by atoms with Gasteiger partial charge in [0, 0.05) is 6.54 Å². The second-order valence-electron chi connectivity index (χ2n) is 5.16. The number of nitrogens with two attached hydrogens (primary N) is 1. The molecule has 4 nitrogen and oxygen atoms in total. The van der Waals surface area contributed by atoms with Crippen LogP contribution >= 0.6 is 0 Å². The molecule has 2 N–H and O–H groups in total. The summed E-state index contributed by atoms with van der Waals surface area (Å²) in [7, 11) is 1.62. The second kappa shape index (κ2) is 7.71. The topological polar surface area (TPSA) is 53.7 Å². The summed E-state index contributed by atoms with van der Waals surface area (Å²) in [6.45, 7) is 5.51. The molecule has 0 atom stereocenters. The zero-order valence-electron chi connectivity index (χ0n) is 13.4. The Morgan fingerprint density at radius 3 is 2.18 bits per heavy atom. The minimum Gasteiger partial charge on any atom is -0.493 e. The van der Waals surface area contributed by atoms with Gasteiger partial charge >= 0.3 is 0 Å². The number of ether oxygens (including phenoxy) is 3. The SMILES string of the molecule is COc1cc(CN)ccc1OCCOc1ccc(C)cc1C. The lowest BCUT2D eigenvalue weighted by Gasteiger charge is -2.13. The highest BCUT2D eigenvalue weighted by molar-refractivity contribution is 5.43. The number of aryl methyl sites for hydroxylation is 2. The monoisotopic (exact) mass is 301 g/mol. The Bertz CT molecular complexity index is 626. The number of hydrogen-bond donors (Lipinski definition) is 1. The predicted octanol–water partition coefficient (Wildman–Crippen LogP) is 3.23. The van der Waals surface area contributed by atoms with Crippen LogP contribution in [0.15, 0.2) is 36.4 Å². The highest BCUT2D eigenvalue weighted by atomic mass is 16.5. The van der Waals surface area contributed by atoms with E-state index in [-0.39, 0.29) is 0 Å². The molecule has 0 aliphatic heterocycles. The van der Waals surface area contributed by atoms with Crippen molar-refractivity contribution in [3.05, 3.63) is 53.1 Å². The highest BCUT2D eigenvalue weighted by Crippen LogP contribution is 2.28. The van der Waals surface area contributed by atoms with E-state index in [1.807, 2.05) is 37.3 Å². The molecule has 118 valence electrons. The molecule has 0 aliphatic carbocycles. The molecule has 0 aromatic heterocycles. The van der Waals surface area contributed by atoms with Crippen molar-refractivity contribution in [2.24, 2.45) is 5.73 Å². The van der Waals surface area contributed by atoms with Gasteiger partial charge in [0.25, 0.3) is 0 Å². The molecule has 2 aromatic carbocycles. The molecule has 0 radical (unpaired) electrons. The number of benzene rings is 2. The van der Waals surface area contributed by atoms with Crippen LogP contribution in [-0.2, 0) is 6.54 Å². The van der Waals surface area contributed by atoms with E-state index in [0.717, 1.165) is 16.9 Å². The molecular formula is C18H23NO3. The normalized spacial score (nSPS) is 10.4. The van der Waals surface area contributed by atoms with E-state index in [1.54, 1.807) is 7.11 Å². The van der Waals surface area contributed by atoms with Crippen molar-refractivity contribution in [1.29, 1.82) is 0 Å². The van der Waals surface area contributed by atoms with Crippen molar-refractivity contribution in [2.75, 3.05) is 20.3 Å². The van der Waals surface area contributed by atoms with Crippen LogP contribution < -0.4 is 19.9 Å². The summed E-state index contributed by atoms with van der Waals surface area (Å²) in [5, 5.41) is 0. The average Bonchev–Trinajstić information content (AvgIpc) is 2.53. The zero-order valence-corrected chi connectivity index (χ0v) is 13.4. The summed E-state index contributed by atoms with van der Waals surface area (Å²) in [5.74, 6) is 2.28. The Morgan fingerprint density at radius 1 is 0.864 bits per heavy atom. The van der Waals surface area contributed by atoms with Crippen LogP contribution in [0.25, 0.3) is 0 Å². The van der Waals surface area contributed by atoms with Gasteiger partial charge in [-0.25, -0.2) is 0 Å². The van der Waals surface area contributed by atoms with Crippen LogP contribution in [0.3, 0.4) is 0 Å². The van der Waals surface area contributed by atoms with Gasteiger partial charge in [0.2, 0.25) is 0 Å². The van der Waals surface area contributed by atoms with Crippen LogP contribution in [0, 0.1) is 13.8 Å². The van der Waals surface area contributed by atoms with Gasteiger partial charge in [0.15, 0.2) is 11.5 Å². The zero-order chi connectivity index (χ0) is 15.9. The van der Waals surface area contributed by atoms with Crippen molar-refractivity contribution in [1.82, 2.24) is 0 Å². The van der Waals surface area contributed by atoms with E-state index in [9.17, 15) is 0 Å². The van der Waals surface area contributed by atoms with Crippen LogP contribution in [0.5, 0.6) is 17.2 Å². The lowest BCUT2D eigenvalue weighted by atomic mass is 10.1. The van der Waals surface area contributed by atoms with E-state index in [0.29, 0.717) is 31.3 Å². The predicted molar refractivity (Wildman–Crippen MR) is 87.8 cm³/mol. The van der Waals surface area contributed by atoms with E-state index in [4.69, 9.17) is 19.9 Å². The molecule has 0 heterocycles. The van der Waals surface area contributed by atoms with Gasteiger partial charge in [-0.3, -0.25) is 0 Å². The summed E-state index contributed by atoms with van der Waals surface area (Å²) >= 11 is 0. The van der Waals surface area contributed by atoms with E-state index in [2.05, 4.69) is 13.0 Å². The number of methoxy groups -OCH3 is 1. The lowest BCUT2D eigenvalue weighted by Crippen LogP contribution is -2.10. The first-order valence-electron chi connectivity index (χ1n) is 7.34. The van der Waals surface area contributed by atoms with E-state index < -0.39 is 0 Å². The van der Waals surface area contributed by atoms with E-state index in [1.165, 1.54) is 5.56 Å². The molecule has 0 saturated carbocycles. The average molecular weight is 301 g/mol. The number of hydrogen-bond acceptors (Lipinski definition) is 4. The summed E-state index contributed by atoms with van der Waals surface area (Å²) in [4.78, 5) is 0. The Hall–Kier alpha value is -2.20. The Balaban J connectivity index is 1.88. The van der Waals surface area contributed by atoms with Crippen molar-refractivity contribution in [2.45, 2.75) is 20.4 Å². The molecule has 2 rings (SSSR count). The first-order chi connectivity index (χ1) is 10.6. The Labute approximate surface area is 131 Å². The van der Waals surface area contributed by atoms with Crippen LogP contribution in [0.1, 0.15) is 16.7 Å². The molecule has 0 aliphatic rings. The fourth-order valence-corrected chi connectivity index (χ4v) is 2.22. The largest absolute Gasteiger partial charge is 0.493 e. The van der Waals surface area contributed by atoms with Crippen molar-refractivity contribution in [3.63, 3.8) is 0 Å². The number of rotatable bonds is 7. The minimum atomic E-state index is 0.450. The maximum Gasteiger partial charge on any atom is 0.161 e. The summed E-state index contributed by atoms with van der Waals surface area (Å²) < 4.78 is 16.8. The molecule has 0 bridgehead atoms. The van der Waals surface area contributed by atoms with Gasteiger partial charge in [0.05, 0.1) is 7.11 Å². The van der Waals surface area contributed by atoms with Crippen LogP contribution in [0.4, 0.5) is 0 Å². The molecule has 0 amide bonds. The third-order valence-electron chi connectivity index (χ3n) is 3.39. The quantitative estimate of drug-likeness (QED) is 0.798. The molecule has 0 fully saturated rings. The van der Waals surface area contributed by atoms with Gasteiger partial charge in [-0.2, -0.15) is 0 Å². The molecule has 0 unspecified atom stereocenters. The Kier molecular flexibility index (Phi) is 5.67. The second-order valence-corrected chi connectivity index (χ2v) is 5.16. The summed E-state index contributed by atoms with van der Waals surface area (Å²) in [6.07, 6.45) is 0. The highest BCUT2D eigenvalue weighted by Gasteiger charge is 2.06. The third-order valence-corrected chi connectivity index (χ3v) is 3.39. The van der Waals surface area contributed by atoms with Gasteiger partial charge in [-0.05, 0) is 43.2 Å². The van der Waals surface area contributed by atoms with Gasteiger partial charge < -0.3 is 19.9 Å². The smallest absolute Gasteiger partial charge is 0.161 e. The third kappa shape index (κ3) is 4.15. The standard InChI is InChI=1S/C18H23NO3/c1-13-4-6-16(14(2)10-13)21-8-9-22-17-7-5-15(12-19)11-18(17)20-3/h4-7,10-11H,8-9,12,19H2,1-3H3. The van der Waals surface area contributed by atoms with E-state index >= 15 is 0 Å². The molecule has 0 spiro atoms. The van der Waals surface area contributed by atoms with Gasteiger partial charge in [-0.1, -0.05) is 23.8 Å². The molecule has 0 saturated heterocycles. The minimum absolute atomic E-state index is 0.450. The van der Waals surface area contributed by atoms with Crippen molar-refractivity contribution in [3.8, 4) is 17.2 Å². The fourth-order valence-electron chi connectivity index (χ4n) is 2.22. The molecule has 4 heteroatoms. The van der Waals surface area contributed by atoms with Crippen molar-refractivity contribution >= 4 is 0 Å². The first kappa shape index (κ1) is 16.2. The van der Waals surface area contributed by atoms with Crippen LogP contribution in [-0.4, -0.2) is 20.3 Å². The first-order valence-corrected chi connectivity index (χ1v) is 7.34. The lowest BCUT2D eigenvalue weighted by molar-refractivity contribution is 0.210. The maximum atomic E-state index is 5.75.